The zero-order valence-electron chi connectivity index (χ0n) is 11.6. The lowest BCUT2D eigenvalue weighted by atomic mass is 10.1. The number of sulfonamides is 1. The molecule has 0 aromatic heterocycles. The van der Waals surface area contributed by atoms with Gasteiger partial charge in [0.2, 0.25) is 10.0 Å². The third-order valence-electron chi connectivity index (χ3n) is 2.59. The van der Waals surface area contributed by atoms with Crippen LogP contribution in [0.15, 0.2) is 23.1 Å². The SMILES string of the molecule is CC(CN(C)C)Nc1ccc(S(N)(=O)=O)cc1C(=O)O. The van der Waals surface area contributed by atoms with E-state index in [4.69, 9.17) is 10.2 Å². The Labute approximate surface area is 118 Å². The number of carbonyl (C=O) groups is 1. The summed E-state index contributed by atoms with van der Waals surface area (Å²) in [6, 6.07) is 3.76. The number of carboxylic acid groups (broad SMARTS) is 1. The number of hydrogen-bond donors (Lipinski definition) is 3. The maximum atomic E-state index is 11.2. The molecule has 0 radical (unpaired) electrons. The number of primary sulfonamides is 1. The van der Waals surface area contributed by atoms with Crippen molar-refractivity contribution in [2.45, 2.75) is 17.9 Å². The molecular formula is C12H19N3O4S. The largest absolute Gasteiger partial charge is 0.478 e. The van der Waals surface area contributed by atoms with Crippen LogP contribution in [0.4, 0.5) is 5.69 Å². The summed E-state index contributed by atoms with van der Waals surface area (Å²) in [5, 5.41) is 17.2. The van der Waals surface area contributed by atoms with Gasteiger partial charge in [-0.2, -0.15) is 0 Å². The first kappa shape index (κ1) is 16.4. The molecule has 4 N–H and O–H groups in total. The van der Waals surface area contributed by atoms with Gasteiger partial charge in [0, 0.05) is 18.3 Å². The number of carboxylic acids is 1. The summed E-state index contributed by atoms with van der Waals surface area (Å²) < 4.78 is 22.5. The highest BCUT2D eigenvalue weighted by Crippen LogP contribution is 2.21. The molecule has 1 aromatic rings. The van der Waals surface area contributed by atoms with Gasteiger partial charge in [-0.3, -0.25) is 0 Å². The number of rotatable bonds is 6. The smallest absolute Gasteiger partial charge is 0.337 e. The molecule has 8 heteroatoms. The fraction of sp³-hybridized carbons (Fsp3) is 0.417. The lowest BCUT2D eigenvalue weighted by Gasteiger charge is -2.20. The van der Waals surface area contributed by atoms with E-state index in [1.165, 1.54) is 12.1 Å². The molecule has 0 fully saturated rings. The van der Waals surface area contributed by atoms with Crippen LogP contribution in [-0.2, 0) is 10.0 Å². The average molecular weight is 301 g/mol. The van der Waals surface area contributed by atoms with Gasteiger partial charge in [0.25, 0.3) is 0 Å². The van der Waals surface area contributed by atoms with Gasteiger partial charge < -0.3 is 15.3 Å². The molecule has 112 valence electrons. The third kappa shape index (κ3) is 4.48. The molecule has 1 aromatic carbocycles. The highest BCUT2D eigenvalue weighted by Gasteiger charge is 2.17. The summed E-state index contributed by atoms with van der Waals surface area (Å²) in [6.45, 7) is 2.61. The van der Waals surface area contributed by atoms with Crippen LogP contribution in [0.3, 0.4) is 0 Å². The summed E-state index contributed by atoms with van der Waals surface area (Å²) in [7, 11) is -0.116. The molecule has 7 nitrogen and oxygen atoms in total. The van der Waals surface area contributed by atoms with E-state index in [1.807, 2.05) is 25.9 Å². The average Bonchev–Trinajstić information content (AvgIpc) is 2.26. The van der Waals surface area contributed by atoms with E-state index >= 15 is 0 Å². The second-order valence-electron chi connectivity index (χ2n) is 4.87. The Morgan fingerprint density at radius 3 is 2.50 bits per heavy atom. The van der Waals surface area contributed by atoms with Crippen LogP contribution in [0.5, 0.6) is 0 Å². The number of nitrogens with two attached hydrogens (primary N) is 1. The predicted molar refractivity (Wildman–Crippen MR) is 76.4 cm³/mol. The molecule has 0 aliphatic heterocycles. The number of nitrogens with one attached hydrogen (secondary N) is 1. The van der Waals surface area contributed by atoms with Gasteiger partial charge in [0.1, 0.15) is 0 Å². The molecule has 20 heavy (non-hydrogen) atoms. The lowest BCUT2D eigenvalue weighted by molar-refractivity contribution is 0.0697. The topological polar surface area (TPSA) is 113 Å². The van der Waals surface area contributed by atoms with E-state index in [0.717, 1.165) is 6.07 Å². The molecule has 0 amide bonds. The number of benzene rings is 1. The molecule has 0 spiro atoms. The number of likely N-dealkylation sites (N-methyl/N-ethyl adjacent to an activating group) is 1. The van der Waals surface area contributed by atoms with Crippen molar-refractivity contribution in [2.24, 2.45) is 5.14 Å². The standard InChI is InChI=1S/C12H19N3O4S/c1-8(7-15(2)3)14-11-5-4-9(20(13,18)19)6-10(11)12(16)17/h4-6,8,14H,7H2,1-3H3,(H,16,17)(H2,13,18,19). The first-order valence-electron chi connectivity index (χ1n) is 5.92. The number of nitrogens with zero attached hydrogens (tertiary/aromatic N) is 1. The van der Waals surface area contributed by atoms with Gasteiger partial charge in [-0.1, -0.05) is 0 Å². The first-order chi connectivity index (χ1) is 9.11. The Bertz CT molecular complexity index is 599. The van der Waals surface area contributed by atoms with Gasteiger partial charge in [0.05, 0.1) is 10.5 Å². The summed E-state index contributed by atoms with van der Waals surface area (Å²) in [4.78, 5) is 13.0. The molecular weight excluding hydrogens is 282 g/mol. The van der Waals surface area contributed by atoms with Crippen molar-refractivity contribution in [1.29, 1.82) is 0 Å². The molecule has 1 unspecified atom stereocenters. The first-order valence-corrected chi connectivity index (χ1v) is 7.47. The van der Waals surface area contributed by atoms with Crippen molar-refractivity contribution >= 4 is 21.7 Å². The molecule has 1 rings (SSSR count). The van der Waals surface area contributed by atoms with Crippen molar-refractivity contribution in [1.82, 2.24) is 4.90 Å². The van der Waals surface area contributed by atoms with Crippen molar-refractivity contribution in [3.05, 3.63) is 23.8 Å². The number of hydrogen-bond acceptors (Lipinski definition) is 5. The minimum absolute atomic E-state index is 0.00318. The van der Waals surface area contributed by atoms with E-state index < -0.39 is 16.0 Å². The molecule has 0 bridgehead atoms. The fourth-order valence-electron chi connectivity index (χ4n) is 1.86. The minimum Gasteiger partial charge on any atom is -0.478 e. The van der Waals surface area contributed by atoms with Crippen molar-refractivity contribution in [3.63, 3.8) is 0 Å². The molecule has 0 saturated heterocycles. The van der Waals surface area contributed by atoms with Crippen molar-refractivity contribution in [2.75, 3.05) is 26.0 Å². The molecule has 1 atom stereocenters. The van der Waals surface area contributed by atoms with Crippen molar-refractivity contribution in [3.8, 4) is 0 Å². The highest BCUT2D eigenvalue weighted by molar-refractivity contribution is 7.89. The minimum atomic E-state index is -3.92. The van der Waals surface area contributed by atoms with Crippen LogP contribution >= 0.6 is 0 Å². The number of anilines is 1. The Morgan fingerprint density at radius 2 is 2.05 bits per heavy atom. The summed E-state index contributed by atoms with van der Waals surface area (Å²) in [5.41, 5.74) is 0.237. The van der Waals surface area contributed by atoms with E-state index in [-0.39, 0.29) is 16.5 Å². The lowest BCUT2D eigenvalue weighted by Crippen LogP contribution is -2.30. The van der Waals surface area contributed by atoms with E-state index in [1.54, 1.807) is 0 Å². The summed E-state index contributed by atoms with van der Waals surface area (Å²) in [6.07, 6.45) is 0. The second-order valence-corrected chi connectivity index (χ2v) is 6.43. The molecule has 0 aliphatic carbocycles. The summed E-state index contributed by atoms with van der Waals surface area (Å²) >= 11 is 0. The van der Waals surface area contributed by atoms with Crippen molar-refractivity contribution < 1.29 is 18.3 Å². The predicted octanol–water partition coefficient (Wildman–Crippen LogP) is 0.394. The van der Waals surface area contributed by atoms with E-state index in [0.29, 0.717) is 12.2 Å². The highest BCUT2D eigenvalue weighted by atomic mass is 32.2. The maximum Gasteiger partial charge on any atom is 0.337 e. The van der Waals surface area contributed by atoms with Crippen LogP contribution in [0, 0.1) is 0 Å². The number of aromatic carboxylic acids is 1. The Balaban J connectivity index is 3.12. The Morgan fingerprint density at radius 1 is 1.45 bits per heavy atom. The monoisotopic (exact) mass is 301 g/mol. The van der Waals surface area contributed by atoms with Gasteiger partial charge >= 0.3 is 5.97 Å². The van der Waals surface area contributed by atoms with E-state index in [2.05, 4.69) is 5.32 Å². The van der Waals surface area contributed by atoms with E-state index in [9.17, 15) is 13.2 Å². The third-order valence-corrected chi connectivity index (χ3v) is 3.50. The zero-order chi connectivity index (χ0) is 15.5. The summed E-state index contributed by atoms with van der Waals surface area (Å²) in [5.74, 6) is -1.21. The fourth-order valence-corrected chi connectivity index (χ4v) is 2.40. The van der Waals surface area contributed by atoms with Crippen LogP contribution in [-0.4, -0.2) is 51.1 Å². The van der Waals surface area contributed by atoms with Crippen LogP contribution < -0.4 is 10.5 Å². The Hall–Kier alpha value is -1.64. The quantitative estimate of drug-likeness (QED) is 0.701. The normalized spacial score (nSPS) is 13.2. The maximum absolute atomic E-state index is 11.2. The second kappa shape index (κ2) is 6.21. The van der Waals surface area contributed by atoms with Gasteiger partial charge in [0.15, 0.2) is 0 Å². The Kier molecular flexibility index (Phi) is 5.09. The molecule has 0 aliphatic rings. The van der Waals surface area contributed by atoms with Gasteiger partial charge in [-0.05, 0) is 39.2 Å². The van der Waals surface area contributed by atoms with Crippen LogP contribution in [0.1, 0.15) is 17.3 Å². The van der Waals surface area contributed by atoms with Gasteiger partial charge in [-0.15, -0.1) is 0 Å². The zero-order valence-corrected chi connectivity index (χ0v) is 12.4. The molecule has 0 heterocycles. The van der Waals surface area contributed by atoms with Crippen LogP contribution in [0.25, 0.3) is 0 Å². The van der Waals surface area contributed by atoms with Gasteiger partial charge in [-0.25, -0.2) is 18.4 Å². The molecule has 0 saturated carbocycles. The van der Waals surface area contributed by atoms with Crippen LogP contribution in [0.2, 0.25) is 0 Å².